The van der Waals surface area contributed by atoms with Crippen molar-refractivity contribution in [2.45, 2.75) is 51.1 Å². The fourth-order valence-corrected chi connectivity index (χ4v) is 4.49. The second-order valence-electron chi connectivity index (χ2n) is 7.67. The minimum absolute atomic E-state index is 0.0234. The van der Waals surface area contributed by atoms with Crippen molar-refractivity contribution in [2.24, 2.45) is 0 Å². The number of amides is 1. The number of aromatic nitrogens is 3. The van der Waals surface area contributed by atoms with Gasteiger partial charge in [0.1, 0.15) is 22.9 Å². The van der Waals surface area contributed by atoms with Gasteiger partial charge in [0.05, 0.1) is 12.1 Å². The van der Waals surface area contributed by atoms with Crippen molar-refractivity contribution in [3.63, 3.8) is 0 Å². The fraction of sp³-hybridized carbons (Fsp3) is 0.450. The summed E-state index contributed by atoms with van der Waals surface area (Å²) in [4.78, 5) is 21.7. The van der Waals surface area contributed by atoms with Crippen LogP contribution in [0, 0.1) is 6.92 Å². The van der Waals surface area contributed by atoms with Crippen molar-refractivity contribution >= 4 is 22.9 Å². The van der Waals surface area contributed by atoms with Gasteiger partial charge in [-0.05, 0) is 38.0 Å². The Morgan fingerprint density at radius 3 is 2.93 bits per heavy atom. The van der Waals surface area contributed by atoms with E-state index in [0.29, 0.717) is 24.7 Å². The highest BCUT2D eigenvalue weighted by Gasteiger charge is 2.41. The molecule has 0 unspecified atom stereocenters. The molecule has 1 amide bonds. The van der Waals surface area contributed by atoms with Crippen molar-refractivity contribution in [1.82, 2.24) is 19.9 Å². The maximum absolute atomic E-state index is 12.5. The number of furan rings is 1. The van der Waals surface area contributed by atoms with Gasteiger partial charge in [-0.3, -0.25) is 4.79 Å². The average Bonchev–Trinajstić information content (AvgIpc) is 3.28. The van der Waals surface area contributed by atoms with Crippen molar-refractivity contribution in [3.05, 3.63) is 41.6 Å². The molecule has 0 radical (unpaired) electrons. The highest BCUT2D eigenvalue weighted by Crippen LogP contribution is 2.40. The lowest BCUT2D eigenvalue weighted by Gasteiger charge is -2.42. The minimum atomic E-state index is -0.0625. The van der Waals surface area contributed by atoms with Gasteiger partial charge in [0.2, 0.25) is 5.95 Å². The van der Waals surface area contributed by atoms with Gasteiger partial charge in [0.15, 0.2) is 0 Å². The topological polar surface area (TPSA) is 85.0 Å². The van der Waals surface area contributed by atoms with Crippen LogP contribution < -0.4 is 10.6 Å². The summed E-state index contributed by atoms with van der Waals surface area (Å²) in [5.41, 5.74) is 1.48. The number of rotatable bonds is 3. The molecule has 4 heterocycles. The first kappa shape index (κ1) is 16.4. The third kappa shape index (κ3) is 2.69. The van der Waals surface area contributed by atoms with Crippen molar-refractivity contribution in [1.29, 1.82) is 0 Å². The van der Waals surface area contributed by atoms with Crippen LogP contribution >= 0.6 is 0 Å². The van der Waals surface area contributed by atoms with E-state index in [-0.39, 0.29) is 11.4 Å². The third-order valence-electron chi connectivity index (χ3n) is 5.83. The molecule has 2 aliphatic rings. The summed E-state index contributed by atoms with van der Waals surface area (Å²) in [5, 5.41) is 7.23. The monoisotopic (exact) mass is 365 g/mol. The molecule has 1 fully saturated rings. The van der Waals surface area contributed by atoms with Gasteiger partial charge in [-0.2, -0.15) is 4.98 Å². The Balaban J connectivity index is 1.54. The Hall–Kier alpha value is -2.83. The number of anilines is 1. The molecular formula is C20H23N5O2. The summed E-state index contributed by atoms with van der Waals surface area (Å²) in [6, 6.07) is 5.80. The lowest BCUT2D eigenvalue weighted by atomic mass is 9.80. The summed E-state index contributed by atoms with van der Waals surface area (Å²) in [6.07, 6.45) is 7.57. The van der Waals surface area contributed by atoms with E-state index in [1.54, 1.807) is 6.20 Å². The van der Waals surface area contributed by atoms with Crippen LogP contribution in [-0.4, -0.2) is 27.0 Å². The molecule has 1 aliphatic carbocycles. The van der Waals surface area contributed by atoms with E-state index in [0.717, 1.165) is 35.4 Å². The molecule has 7 nitrogen and oxygen atoms in total. The lowest BCUT2D eigenvalue weighted by molar-refractivity contribution is 0.0833. The number of nitrogens with one attached hydrogen (secondary N) is 2. The summed E-state index contributed by atoms with van der Waals surface area (Å²) in [6.45, 7) is 3.13. The Labute approximate surface area is 157 Å². The first-order chi connectivity index (χ1) is 13.1. The van der Waals surface area contributed by atoms with E-state index < -0.39 is 0 Å². The van der Waals surface area contributed by atoms with Crippen LogP contribution in [0.4, 0.5) is 5.95 Å². The molecule has 0 bridgehead atoms. The molecule has 1 aliphatic heterocycles. The predicted octanol–water partition coefficient (Wildman–Crippen LogP) is 3.35. The smallest absolute Gasteiger partial charge is 0.268 e. The van der Waals surface area contributed by atoms with Gasteiger partial charge in [-0.25, -0.2) is 4.98 Å². The van der Waals surface area contributed by atoms with E-state index in [1.165, 1.54) is 19.3 Å². The number of nitrogens with zero attached hydrogens (tertiary/aromatic N) is 3. The number of fused-ring (bicyclic) bond motifs is 4. The summed E-state index contributed by atoms with van der Waals surface area (Å²) in [5.74, 6) is 2.25. The maximum Gasteiger partial charge on any atom is 0.268 e. The highest BCUT2D eigenvalue weighted by atomic mass is 16.3. The molecule has 0 atom stereocenters. The van der Waals surface area contributed by atoms with Crippen LogP contribution in [0.3, 0.4) is 0 Å². The minimum Gasteiger partial charge on any atom is -0.465 e. The van der Waals surface area contributed by atoms with Crippen LogP contribution in [0.1, 0.15) is 54.1 Å². The molecule has 2 N–H and O–H groups in total. The van der Waals surface area contributed by atoms with Crippen LogP contribution in [0.15, 0.2) is 28.8 Å². The second-order valence-corrected chi connectivity index (χ2v) is 7.67. The van der Waals surface area contributed by atoms with Crippen molar-refractivity contribution < 1.29 is 9.21 Å². The zero-order valence-corrected chi connectivity index (χ0v) is 15.4. The van der Waals surface area contributed by atoms with Gasteiger partial charge in [-0.15, -0.1) is 0 Å². The van der Waals surface area contributed by atoms with Crippen molar-refractivity contribution in [2.75, 3.05) is 11.9 Å². The molecule has 1 saturated carbocycles. The largest absolute Gasteiger partial charge is 0.465 e. The molecule has 27 heavy (non-hydrogen) atoms. The predicted molar refractivity (Wildman–Crippen MR) is 102 cm³/mol. The molecule has 3 aromatic heterocycles. The maximum atomic E-state index is 12.5. The normalized spacial score (nSPS) is 18.5. The zero-order valence-electron chi connectivity index (χ0n) is 15.4. The van der Waals surface area contributed by atoms with Crippen LogP contribution in [0.25, 0.3) is 11.0 Å². The van der Waals surface area contributed by atoms with E-state index in [9.17, 15) is 4.79 Å². The molecule has 0 aromatic carbocycles. The highest BCUT2D eigenvalue weighted by molar-refractivity contribution is 5.99. The first-order valence-electron chi connectivity index (χ1n) is 9.61. The second kappa shape index (κ2) is 6.11. The van der Waals surface area contributed by atoms with Crippen molar-refractivity contribution in [3.8, 4) is 0 Å². The third-order valence-corrected chi connectivity index (χ3v) is 5.83. The number of carbonyl (C=O) groups is 1. The van der Waals surface area contributed by atoms with E-state index >= 15 is 0 Å². The SMILES string of the molecule is Cc1ccc(CNc2ncc3cc4n(c3n2)C2(CCCCC2)CNC4=O)o1. The summed E-state index contributed by atoms with van der Waals surface area (Å²) in [7, 11) is 0. The van der Waals surface area contributed by atoms with Crippen LogP contribution in [-0.2, 0) is 12.1 Å². The van der Waals surface area contributed by atoms with Gasteiger partial charge >= 0.3 is 0 Å². The standard InChI is InChI=1S/C20H23N5O2/c1-13-5-6-15(27-13)11-22-19-21-10-14-9-16-18(26)23-12-20(7-3-2-4-8-20)25(16)17(14)24-19/h5-6,9-10H,2-4,7-8,11-12H2,1H3,(H,23,26)(H,21,22,24). The fourth-order valence-electron chi connectivity index (χ4n) is 4.49. The average molecular weight is 365 g/mol. The summed E-state index contributed by atoms with van der Waals surface area (Å²) >= 11 is 0. The lowest BCUT2D eigenvalue weighted by Crippen LogP contribution is -2.52. The molecule has 7 heteroatoms. The molecule has 0 saturated heterocycles. The Morgan fingerprint density at radius 2 is 2.15 bits per heavy atom. The summed E-state index contributed by atoms with van der Waals surface area (Å²) < 4.78 is 7.78. The van der Waals surface area contributed by atoms with Crippen LogP contribution in [0.5, 0.6) is 0 Å². The van der Waals surface area contributed by atoms with Crippen LogP contribution in [0.2, 0.25) is 0 Å². The molecule has 1 spiro atoms. The Bertz CT molecular complexity index is 1010. The molecule has 3 aromatic rings. The zero-order chi connectivity index (χ0) is 18.4. The van der Waals surface area contributed by atoms with Gasteiger partial charge in [0, 0.05) is 18.1 Å². The van der Waals surface area contributed by atoms with E-state index in [4.69, 9.17) is 9.40 Å². The number of hydrogen-bond acceptors (Lipinski definition) is 5. The Kier molecular flexibility index (Phi) is 3.70. The number of carbonyl (C=O) groups excluding carboxylic acids is 1. The van der Waals surface area contributed by atoms with Gasteiger partial charge in [-0.1, -0.05) is 19.3 Å². The molecular weight excluding hydrogens is 342 g/mol. The molecule has 5 rings (SSSR count). The van der Waals surface area contributed by atoms with E-state index in [1.807, 2.05) is 25.1 Å². The number of hydrogen-bond donors (Lipinski definition) is 2. The van der Waals surface area contributed by atoms with E-state index in [2.05, 4.69) is 20.2 Å². The quantitative estimate of drug-likeness (QED) is 0.743. The number of aryl methyl sites for hydroxylation is 1. The first-order valence-corrected chi connectivity index (χ1v) is 9.61. The van der Waals surface area contributed by atoms with Gasteiger partial charge in [0.25, 0.3) is 5.91 Å². The Morgan fingerprint density at radius 1 is 1.30 bits per heavy atom. The molecule has 140 valence electrons. The van der Waals surface area contributed by atoms with Gasteiger partial charge < -0.3 is 19.6 Å².